The quantitative estimate of drug-likeness (QED) is 0.371. The molecule has 33 heavy (non-hydrogen) atoms. The Labute approximate surface area is 189 Å². The van der Waals surface area contributed by atoms with E-state index in [2.05, 4.69) is 8.92 Å². The van der Waals surface area contributed by atoms with Crippen LogP contribution < -0.4 is 0 Å². The van der Waals surface area contributed by atoms with Gasteiger partial charge in [0.1, 0.15) is 11.9 Å². The molecule has 182 valence electrons. The Hall–Kier alpha value is -2.67. The molecule has 0 amide bonds. The third kappa shape index (κ3) is 8.65. The number of aromatic hydroxyl groups is 1. The van der Waals surface area contributed by atoms with Crippen molar-refractivity contribution in [1.29, 1.82) is 0 Å². The Bertz CT molecular complexity index is 971. The maximum Gasteiger partial charge on any atom is 0.523 e. The van der Waals surface area contributed by atoms with Gasteiger partial charge in [-0.3, -0.25) is 8.98 Å². The predicted octanol–water partition coefficient (Wildman–Crippen LogP) is 3.46. The molecule has 2 aromatic carbocycles. The lowest BCUT2D eigenvalue weighted by Gasteiger charge is -2.29. The lowest BCUT2D eigenvalue weighted by Crippen LogP contribution is -2.38. The predicted molar refractivity (Wildman–Crippen MR) is 109 cm³/mol. The van der Waals surface area contributed by atoms with Crippen LogP contribution >= 0.6 is 0 Å². The normalized spacial score (nSPS) is 18.7. The van der Waals surface area contributed by atoms with E-state index < -0.39 is 28.0 Å². The Morgan fingerprint density at radius 1 is 1.06 bits per heavy atom. The molecule has 1 aliphatic rings. The highest BCUT2D eigenvalue weighted by atomic mass is 32.2. The van der Waals surface area contributed by atoms with Crippen molar-refractivity contribution in [3.8, 4) is 5.75 Å². The molecule has 0 aliphatic carbocycles. The van der Waals surface area contributed by atoms with E-state index in [0.717, 1.165) is 5.56 Å². The van der Waals surface area contributed by atoms with E-state index in [1.165, 1.54) is 7.11 Å². The molecule has 0 bridgehead atoms. The van der Waals surface area contributed by atoms with Gasteiger partial charge in [-0.25, -0.2) is 0 Å². The smallest absolute Gasteiger partial charge is 0.508 e. The van der Waals surface area contributed by atoms with Gasteiger partial charge in [-0.05, 0) is 24.1 Å². The molecule has 1 fully saturated rings. The summed E-state index contributed by atoms with van der Waals surface area (Å²) >= 11 is 0. The standard InChI is InChI=1S/C11H11F3O5S.C10H12O3/c12-11(13,14)20(15,16)19-9-6-17-10(18-7-9)8-4-2-1-3-5-8;1-13-10(12)7-4-8-2-5-9(11)6-3-8/h1-5,9-10H,6-7H2;2-3,5-6,11H,4,7H2,1H3. The molecule has 0 aromatic heterocycles. The zero-order chi connectivity index (χ0) is 24.5. The number of aryl methyl sites for hydroxylation is 1. The van der Waals surface area contributed by atoms with Gasteiger partial charge in [0.05, 0.1) is 20.3 Å². The van der Waals surface area contributed by atoms with Crippen LogP contribution in [0, 0.1) is 0 Å². The second kappa shape index (κ2) is 12.0. The molecule has 0 unspecified atom stereocenters. The fourth-order valence-corrected chi connectivity index (χ4v) is 3.17. The molecule has 1 aliphatic heterocycles. The first kappa shape index (κ1) is 26.6. The number of hydrogen-bond donors (Lipinski definition) is 1. The fourth-order valence-electron chi connectivity index (χ4n) is 2.59. The van der Waals surface area contributed by atoms with Crippen LogP contribution in [0.1, 0.15) is 23.8 Å². The van der Waals surface area contributed by atoms with Crippen LogP contribution in [0.4, 0.5) is 13.2 Å². The minimum absolute atomic E-state index is 0.215. The van der Waals surface area contributed by atoms with Crippen LogP contribution in [0.2, 0.25) is 0 Å². The van der Waals surface area contributed by atoms with Crippen molar-refractivity contribution in [1.82, 2.24) is 0 Å². The molecule has 2 aromatic rings. The molecule has 1 N–H and O–H groups in total. The summed E-state index contributed by atoms with van der Waals surface area (Å²) in [6.07, 6.45) is -1.04. The Morgan fingerprint density at radius 2 is 1.64 bits per heavy atom. The summed E-state index contributed by atoms with van der Waals surface area (Å²) in [6.45, 7) is -0.621. The lowest BCUT2D eigenvalue weighted by molar-refractivity contribution is -0.216. The number of methoxy groups -OCH3 is 1. The highest BCUT2D eigenvalue weighted by molar-refractivity contribution is 7.87. The number of ether oxygens (including phenoxy) is 3. The number of alkyl halides is 3. The van der Waals surface area contributed by atoms with Crippen LogP contribution in [0.15, 0.2) is 54.6 Å². The highest BCUT2D eigenvalue weighted by Crippen LogP contribution is 2.29. The second-order valence-electron chi connectivity index (χ2n) is 6.77. The summed E-state index contributed by atoms with van der Waals surface area (Å²) < 4.78 is 76.9. The van der Waals surface area contributed by atoms with Gasteiger partial charge in [-0.15, -0.1) is 0 Å². The topological polar surface area (TPSA) is 108 Å². The lowest BCUT2D eigenvalue weighted by atomic mass is 10.1. The Balaban J connectivity index is 0.000000257. The molecular weight excluding hydrogens is 469 g/mol. The number of halogens is 3. The number of benzene rings is 2. The van der Waals surface area contributed by atoms with E-state index >= 15 is 0 Å². The van der Waals surface area contributed by atoms with E-state index in [-0.39, 0.29) is 24.9 Å². The van der Waals surface area contributed by atoms with Gasteiger partial charge in [-0.2, -0.15) is 21.6 Å². The summed E-state index contributed by atoms with van der Waals surface area (Å²) in [6, 6.07) is 15.5. The van der Waals surface area contributed by atoms with E-state index in [1.807, 2.05) is 0 Å². The van der Waals surface area contributed by atoms with Crippen molar-refractivity contribution >= 4 is 16.1 Å². The first-order valence-electron chi connectivity index (χ1n) is 9.64. The van der Waals surface area contributed by atoms with Crippen LogP contribution in [0.25, 0.3) is 0 Å². The first-order valence-corrected chi connectivity index (χ1v) is 11.0. The summed E-state index contributed by atoms with van der Waals surface area (Å²) in [5, 5.41) is 8.99. The highest BCUT2D eigenvalue weighted by Gasteiger charge is 2.49. The zero-order valence-corrected chi connectivity index (χ0v) is 18.3. The maximum atomic E-state index is 12.1. The minimum atomic E-state index is -5.64. The monoisotopic (exact) mass is 492 g/mol. The first-order chi connectivity index (χ1) is 15.5. The number of esters is 1. The molecule has 0 spiro atoms. The molecule has 0 radical (unpaired) electrons. The molecule has 1 heterocycles. The fraction of sp³-hybridized carbons (Fsp3) is 0.381. The Kier molecular flexibility index (Phi) is 9.65. The van der Waals surface area contributed by atoms with Crippen LogP contribution in [0.5, 0.6) is 5.75 Å². The van der Waals surface area contributed by atoms with E-state index in [9.17, 15) is 26.4 Å². The molecule has 1 saturated heterocycles. The minimum Gasteiger partial charge on any atom is -0.508 e. The van der Waals surface area contributed by atoms with Crippen molar-refractivity contribution in [3.05, 3.63) is 65.7 Å². The molecule has 0 atom stereocenters. The number of hydrogen-bond acceptors (Lipinski definition) is 8. The van der Waals surface area contributed by atoms with Gasteiger partial charge in [0.25, 0.3) is 0 Å². The molecule has 12 heteroatoms. The number of rotatable bonds is 6. The Morgan fingerprint density at radius 3 is 2.15 bits per heavy atom. The third-order valence-electron chi connectivity index (χ3n) is 4.27. The second-order valence-corrected chi connectivity index (χ2v) is 8.33. The van der Waals surface area contributed by atoms with Gasteiger partial charge in [-0.1, -0.05) is 42.5 Å². The van der Waals surface area contributed by atoms with Crippen LogP contribution in [-0.4, -0.2) is 51.4 Å². The van der Waals surface area contributed by atoms with Crippen molar-refractivity contribution in [2.75, 3.05) is 20.3 Å². The van der Waals surface area contributed by atoms with E-state index in [4.69, 9.17) is 14.6 Å². The average Bonchev–Trinajstić information content (AvgIpc) is 2.79. The van der Waals surface area contributed by atoms with Gasteiger partial charge in [0.2, 0.25) is 0 Å². The van der Waals surface area contributed by atoms with Crippen LogP contribution in [0.3, 0.4) is 0 Å². The molecule has 0 saturated carbocycles. The van der Waals surface area contributed by atoms with Gasteiger partial charge >= 0.3 is 21.6 Å². The number of phenolic OH excluding ortho intramolecular Hbond substituents is 1. The van der Waals surface area contributed by atoms with Crippen LogP contribution in [-0.2, 0) is 39.7 Å². The summed E-state index contributed by atoms with van der Waals surface area (Å²) in [7, 11) is -4.27. The third-order valence-corrected chi connectivity index (χ3v) is 5.36. The summed E-state index contributed by atoms with van der Waals surface area (Å²) in [4.78, 5) is 10.8. The summed E-state index contributed by atoms with van der Waals surface area (Å²) in [5.41, 5.74) is -3.75. The van der Waals surface area contributed by atoms with E-state index in [0.29, 0.717) is 18.4 Å². The van der Waals surface area contributed by atoms with Crippen molar-refractivity contribution < 1.29 is 49.9 Å². The molecule has 8 nitrogen and oxygen atoms in total. The van der Waals surface area contributed by atoms with Crippen molar-refractivity contribution in [3.63, 3.8) is 0 Å². The van der Waals surface area contributed by atoms with Gasteiger partial charge in [0.15, 0.2) is 6.29 Å². The molecule has 3 rings (SSSR count). The maximum absolute atomic E-state index is 12.1. The van der Waals surface area contributed by atoms with E-state index in [1.54, 1.807) is 54.6 Å². The SMILES string of the molecule is COC(=O)CCc1ccc(O)cc1.O=S(=O)(OC1COC(c2ccccc2)OC1)C(F)(F)F. The zero-order valence-electron chi connectivity index (χ0n) is 17.5. The van der Waals surface area contributed by atoms with Gasteiger partial charge < -0.3 is 19.3 Å². The summed E-state index contributed by atoms with van der Waals surface area (Å²) in [5.74, 6) is 0.0230. The number of carbonyl (C=O) groups excluding carboxylic acids is 1. The largest absolute Gasteiger partial charge is 0.523 e. The number of carbonyl (C=O) groups is 1. The van der Waals surface area contributed by atoms with Crippen molar-refractivity contribution in [2.45, 2.75) is 30.7 Å². The average molecular weight is 492 g/mol. The van der Waals surface area contributed by atoms with Gasteiger partial charge in [0, 0.05) is 12.0 Å². The molecular formula is C21H23F3O8S. The van der Waals surface area contributed by atoms with Crippen molar-refractivity contribution in [2.24, 2.45) is 0 Å². The number of phenols is 1.